The van der Waals surface area contributed by atoms with Gasteiger partial charge in [-0.3, -0.25) is 0 Å². The van der Waals surface area contributed by atoms with Crippen molar-refractivity contribution in [3.63, 3.8) is 0 Å². The summed E-state index contributed by atoms with van der Waals surface area (Å²) in [5, 5.41) is 21.2. The SMILES string of the molecule is C/C=C(/C)C(=O)O[C@H]1[C@H](O[C@]2(C)CCC3C(C4C2CC[C@H]4C)C3(C)C)O[C@H](C)[C@H](O)[C@@H]1O. The first-order chi connectivity index (χ1) is 14.9. The van der Waals surface area contributed by atoms with Gasteiger partial charge in [0.25, 0.3) is 0 Å². The van der Waals surface area contributed by atoms with Gasteiger partial charge in [-0.1, -0.05) is 33.3 Å². The molecule has 0 amide bonds. The summed E-state index contributed by atoms with van der Waals surface area (Å²) < 4.78 is 18.4. The van der Waals surface area contributed by atoms with Crippen LogP contribution in [-0.2, 0) is 19.0 Å². The number of aliphatic hydroxyl groups excluding tert-OH is 2. The van der Waals surface area contributed by atoms with Crippen LogP contribution in [0.1, 0.15) is 74.1 Å². The third-order valence-electron chi connectivity index (χ3n) is 9.51. The Morgan fingerprint density at radius 2 is 1.75 bits per heavy atom. The zero-order valence-corrected chi connectivity index (χ0v) is 20.7. The topological polar surface area (TPSA) is 85.2 Å². The largest absolute Gasteiger partial charge is 0.451 e. The summed E-state index contributed by atoms with van der Waals surface area (Å²) in [6.45, 7) is 14.5. The molecule has 0 aromatic heterocycles. The van der Waals surface area contributed by atoms with Gasteiger partial charge in [-0.25, -0.2) is 4.79 Å². The van der Waals surface area contributed by atoms with Crippen LogP contribution >= 0.6 is 0 Å². The predicted octanol–water partition coefficient (Wildman–Crippen LogP) is 3.83. The lowest BCUT2D eigenvalue weighted by Gasteiger charge is -2.47. The molecular weight excluding hydrogens is 408 g/mol. The maximum Gasteiger partial charge on any atom is 0.333 e. The Balaban J connectivity index is 1.59. The van der Waals surface area contributed by atoms with Gasteiger partial charge >= 0.3 is 5.97 Å². The summed E-state index contributed by atoms with van der Waals surface area (Å²) in [5.74, 6) is 2.62. The first kappa shape index (κ1) is 24.2. The molecule has 0 bridgehead atoms. The normalized spacial score (nSPS) is 50.2. The molecule has 11 atom stereocenters. The van der Waals surface area contributed by atoms with Crippen LogP contribution in [0.4, 0.5) is 0 Å². The molecule has 3 aliphatic carbocycles. The third-order valence-corrected chi connectivity index (χ3v) is 9.51. The fourth-order valence-electron chi connectivity index (χ4n) is 7.24. The molecule has 4 aliphatic rings. The number of hydrogen-bond acceptors (Lipinski definition) is 6. The van der Waals surface area contributed by atoms with Crippen molar-refractivity contribution in [3.05, 3.63) is 11.6 Å². The lowest BCUT2D eigenvalue weighted by atomic mass is 9.74. The zero-order chi connectivity index (χ0) is 23.6. The van der Waals surface area contributed by atoms with E-state index in [1.165, 1.54) is 6.42 Å². The Morgan fingerprint density at radius 3 is 2.41 bits per heavy atom. The summed E-state index contributed by atoms with van der Waals surface area (Å²) >= 11 is 0. The van der Waals surface area contributed by atoms with Gasteiger partial charge in [-0.2, -0.15) is 0 Å². The van der Waals surface area contributed by atoms with Crippen molar-refractivity contribution in [1.82, 2.24) is 0 Å². The fourth-order valence-corrected chi connectivity index (χ4v) is 7.24. The molecule has 3 saturated carbocycles. The predicted molar refractivity (Wildman–Crippen MR) is 121 cm³/mol. The lowest BCUT2D eigenvalue weighted by molar-refractivity contribution is -0.328. The second-order valence-corrected chi connectivity index (χ2v) is 11.7. The second-order valence-electron chi connectivity index (χ2n) is 11.7. The molecule has 1 aliphatic heterocycles. The molecule has 1 saturated heterocycles. The fraction of sp³-hybridized carbons (Fsp3) is 0.885. The minimum absolute atomic E-state index is 0.404. The summed E-state index contributed by atoms with van der Waals surface area (Å²) in [6.07, 6.45) is 1.01. The molecule has 4 unspecified atom stereocenters. The zero-order valence-electron chi connectivity index (χ0n) is 20.7. The highest BCUT2D eigenvalue weighted by Gasteiger charge is 2.67. The summed E-state index contributed by atoms with van der Waals surface area (Å²) in [6, 6.07) is 0. The Hall–Kier alpha value is -0.950. The maximum absolute atomic E-state index is 12.5. The van der Waals surface area contributed by atoms with Gasteiger partial charge in [0, 0.05) is 5.57 Å². The third kappa shape index (κ3) is 3.85. The van der Waals surface area contributed by atoms with Crippen LogP contribution in [-0.4, -0.2) is 52.5 Å². The molecule has 6 heteroatoms. The molecule has 4 rings (SSSR count). The van der Waals surface area contributed by atoms with Gasteiger partial charge in [-0.05, 0) is 82.0 Å². The number of rotatable bonds is 4. The van der Waals surface area contributed by atoms with Crippen LogP contribution in [0.15, 0.2) is 11.6 Å². The van der Waals surface area contributed by atoms with Gasteiger partial charge in [-0.15, -0.1) is 0 Å². The van der Waals surface area contributed by atoms with Crippen LogP contribution in [0, 0.1) is 35.0 Å². The molecule has 182 valence electrons. The summed E-state index contributed by atoms with van der Waals surface area (Å²) in [7, 11) is 0. The number of carbonyl (C=O) groups excluding carboxylic acids is 1. The van der Waals surface area contributed by atoms with Crippen molar-refractivity contribution in [2.75, 3.05) is 0 Å². The quantitative estimate of drug-likeness (QED) is 0.500. The molecule has 6 nitrogen and oxygen atoms in total. The molecule has 2 N–H and O–H groups in total. The lowest BCUT2D eigenvalue weighted by Crippen LogP contribution is -2.61. The van der Waals surface area contributed by atoms with E-state index in [-0.39, 0.29) is 0 Å². The van der Waals surface area contributed by atoms with Crippen molar-refractivity contribution in [2.24, 2.45) is 35.0 Å². The van der Waals surface area contributed by atoms with Crippen molar-refractivity contribution < 1.29 is 29.2 Å². The monoisotopic (exact) mass is 450 g/mol. The highest BCUT2D eigenvalue weighted by Crippen LogP contribution is 2.71. The van der Waals surface area contributed by atoms with E-state index >= 15 is 0 Å². The molecule has 0 aromatic rings. The number of ether oxygens (including phenoxy) is 3. The van der Waals surface area contributed by atoms with E-state index in [0.717, 1.165) is 31.1 Å². The number of esters is 1. The minimum Gasteiger partial charge on any atom is -0.451 e. The molecule has 0 aromatic carbocycles. The highest BCUT2D eigenvalue weighted by atomic mass is 16.7. The summed E-state index contributed by atoms with van der Waals surface area (Å²) in [5.41, 5.74) is 0.420. The van der Waals surface area contributed by atoms with Gasteiger partial charge in [0.1, 0.15) is 12.2 Å². The Morgan fingerprint density at radius 1 is 1.06 bits per heavy atom. The molecule has 0 spiro atoms. The van der Waals surface area contributed by atoms with Crippen molar-refractivity contribution >= 4 is 5.97 Å². The van der Waals surface area contributed by atoms with E-state index in [0.29, 0.717) is 28.7 Å². The highest BCUT2D eigenvalue weighted by molar-refractivity contribution is 5.87. The number of aliphatic hydroxyl groups is 2. The van der Waals surface area contributed by atoms with Crippen LogP contribution in [0.2, 0.25) is 0 Å². The Labute approximate surface area is 192 Å². The van der Waals surface area contributed by atoms with Gasteiger partial charge in [0.05, 0.1) is 11.7 Å². The van der Waals surface area contributed by atoms with E-state index in [9.17, 15) is 15.0 Å². The van der Waals surface area contributed by atoms with Gasteiger partial charge in [0.2, 0.25) is 0 Å². The first-order valence-corrected chi connectivity index (χ1v) is 12.5. The average molecular weight is 451 g/mol. The van der Waals surface area contributed by atoms with E-state index in [1.54, 1.807) is 26.8 Å². The molecule has 1 heterocycles. The van der Waals surface area contributed by atoms with Crippen LogP contribution < -0.4 is 0 Å². The van der Waals surface area contributed by atoms with Crippen molar-refractivity contribution in [3.8, 4) is 0 Å². The first-order valence-electron chi connectivity index (χ1n) is 12.5. The van der Waals surface area contributed by atoms with E-state index in [4.69, 9.17) is 14.2 Å². The van der Waals surface area contributed by atoms with Gasteiger partial charge in [0.15, 0.2) is 12.4 Å². The molecule has 0 radical (unpaired) electrons. The maximum atomic E-state index is 12.5. The van der Waals surface area contributed by atoms with Gasteiger partial charge < -0.3 is 24.4 Å². The Kier molecular flexibility index (Phi) is 6.32. The summed E-state index contributed by atoms with van der Waals surface area (Å²) in [4.78, 5) is 12.5. The van der Waals surface area contributed by atoms with E-state index in [2.05, 4.69) is 27.7 Å². The average Bonchev–Trinajstić information content (AvgIpc) is 3.11. The number of hydrogen-bond donors (Lipinski definition) is 2. The standard InChI is InChI=1S/C26H42O6/c1-8-13(2)23(29)31-22-21(28)20(27)15(4)30-24(22)32-26(7)12-11-17-19(25(17,5)6)18-14(3)9-10-16(18)26/h8,14-22,24,27-28H,9-12H2,1-7H3/b13-8-/t14-,15-,16?,17?,18?,19?,20+,21+,22-,24+,26-/m1/s1. The van der Waals surface area contributed by atoms with Crippen LogP contribution in [0.25, 0.3) is 0 Å². The Bertz CT molecular complexity index is 761. The number of allylic oxidation sites excluding steroid dienone is 1. The van der Waals surface area contributed by atoms with E-state index in [1.807, 2.05) is 0 Å². The van der Waals surface area contributed by atoms with Crippen molar-refractivity contribution in [1.29, 1.82) is 0 Å². The van der Waals surface area contributed by atoms with Crippen LogP contribution in [0.5, 0.6) is 0 Å². The van der Waals surface area contributed by atoms with Crippen LogP contribution in [0.3, 0.4) is 0 Å². The van der Waals surface area contributed by atoms with E-state index < -0.39 is 42.3 Å². The second kappa shape index (κ2) is 8.37. The number of fused-ring (bicyclic) bond motifs is 3. The van der Waals surface area contributed by atoms with Crippen molar-refractivity contribution in [2.45, 2.75) is 110 Å². The molecular formula is C26H42O6. The number of carbonyl (C=O) groups is 1. The minimum atomic E-state index is -1.27. The smallest absolute Gasteiger partial charge is 0.333 e. The molecule has 32 heavy (non-hydrogen) atoms. The molecule has 4 fully saturated rings.